The van der Waals surface area contributed by atoms with Crippen LogP contribution in [0.25, 0.3) is 10.9 Å². The fraction of sp³-hybridized carbons (Fsp3) is 0.556. The van der Waals surface area contributed by atoms with Crippen LogP contribution in [0.1, 0.15) is 44.4 Å². The summed E-state index contributed by atoms with van der Waals surface area (Å²) in [5, 5.41) is 1.38. The number of nitrogens with zero attached hydrogens (tertiary/aromatic N) is 2. The summed E-state index contributed by atoms with van der Waals surface area (Å²) in [6, 6.07) is 4.98. The van der Waals surface area contributed by atoms with Crippen LogP contribution in [0, 0.1) is 0 Å². The molecule has 1 aromatic carbocycles. The summed E-state index contributed by atoms with van der Waals surface area (Å²) < 4.78 is 2.24. The zero-order valence-corrected chi connectivity index (χ0v) is 13.9. The maximum absolute atomic E-state index is 6.00. The summed E-state index contributed by atoms with van der Waals surface area (Å²) in [6.07, 6.45) is 3.18. The minimum atomic E-state index is 0.204. The molecule has 0 bridgehead atoms. The maximum Gasteiger partial charge on any atom is 0.0484 e. The van der Waals surface area contributed by atoms with Crippen LogP contribution in [0.5, 0.6) is 0 Å². The number of hydrogen-bond donors (Lipinski definition) is 1. The number of rotatable bonds is 2. The lowest BCUT2D eigenvalue weighted by molar-refractivity contribution is 0.136. The van der Waals surface area contributed by atoms with Crippen molar-refractivity contribution in [1.29, 1.82) is 0 Å². The number of hydrogen-bond acceptors (Lipinski definition) is 2. The van der Waals surface area contributed by atoms with Gasteiger partial charge in [0.2, 0.25) is 0 Å². The summed E-state index contributed by atoms with van der Waals surface area (Å²) in [6.45, 7) is 11.1. The smallest absolute Gasteiger partial charge is 0.0484 e. The monoisotopic (exact) mass is 285 g/mol. The Morgan fingerprint density at radius 2 is 1.81 bits per heavy atom. The van der Waals surface area contributed by atoms with Gasteiger partial charge in [0, 0.05) is 48.8 Å². The molecule has 0 saturated carbocycles. The van der Waals surface area contributed by atoms with Gasteiger partial charge >= 0.3 is 0 Å². The topological polar surface area (TPSA) is 34.2 Å². The van der Waals surface area contributed by atoms with Crippen molar-refractivity contribution < 1.29 is 0 Å². The highest BCUT2D eigenvalue weighted by molar-refractivity contribution is 5.86. The summed E-state index contributed by atoms with van der Waals surface area (Å²) in [5.74, 6) is 0. The summed E-state index contributed by atoms with van der Waals surface area (Å²) in [7, 11) is 2.13. The molecule has 114 valence electrons. The lowest BCUT2D eigenvalue weighted by atomic mass is 10.0. The van der Waals surface area contributed by atoms with E-state index in [1.54, 1.807) is 0 Å². The van der Waals surface area contributed by atoms with Gasteiger partial charge < -0.3 is 10.3 Å². The van der Waals surface area contributed by atoms with E-state index < -0.39 is 0 Å². The predicted octanol–water partition coefficient (Wildman–Crippen LogP) is 3.18. The van der Waals surface area contributed by atoms with Gasteiger partial charge in [-0.3, -0.25) is 4.90 Å². The largest absolute Gasteiger partial charge is 0.350 e. The van der Waals surface area contributed by atoms with Crippen LogP contribution in [-0.2, 0) is 26.6 Å². The van der Waals surface area contributed by atoms with Crippen LogP contribution in [-0.4, -0.2) is 21.0 Å². The second-order valence-electron chi connectivity index (χ2n) is 7.61. The van der Waals surface area contributed by atoms with Crippen LogP contribution in [0.2, 0.25) is 0 Å². The Morgan fingerprint density at radius 3 is 2.38 bits per heavy atom. The summed E-state index contributed by atoms with van der Waals surface area (Å²) in [5.41, 5.74) is 11.9. The first kappa shape index (κ1) is 14.6. The van der Waals surface area contributed by atoms with Crippen LogP contribution in [0.3, 0.4) is 0 Å². The van der Waals surface area contributed by atoms with Crippen molar-refractivity contribution >= 4 is 10.9 Å². The van der Waals surface area contributed by atoms with Gasteiger partial charge in [-0.2, -0.15) is 0 Å². The highest BCUT2D eigenvalue weighted by atomic mass is 15.2. The van der Waals surface area contributed by atoms with E-state index in [4.69, 9.17) is 5.73 Å². The van der Waals surface area contributed by atoms with Crippen molar-refractivity contribution in [2.45, 2.75) is 58.8 Å². The summed E-state index contributed by atoms with van der Waals surface area (Å²) in [4.78, 5) is 2.54. The Balaban J connectivity index is 2.04. The van der Waals surface area contributed by atoms with E-state index in [1.807, 2.05) is 0 Å². The van der Waals surface area contributed by atoms with E-state index in [0.29, 0.717) is 0 Å². The molecular formula is C18H27N3. The fourth-order valence-corrected chi connectivity index (χ4v) is 3.34. The van der Waals surface area contributed by atoms with Crippen molar-refractivity contribution in [3.8, 4) is 0 Å². The minimum Gasteiger partial charge on any atom is -0.350 e. The molecule has 2 aromatic rings. The SMILES string of the molecule is CC(N)Cc1cn(C)c2cc3c(cc12)CN(C(C)(C)C)C3. The Morgan fingerprint density at radius 1 is 1.19 bits per heavy atom. The van der Waals surface area contributed by atoms with Crippen LogP contribution in [0.4, 0.5) is 0 Å². The molecule has 0 saturated heterocycles. The van der Waals surface area contributed by atoms with Crippen molar-refractivity contribution in [2.24, 2.45) is 12.8 Å². The number of nitrogens with two attached hydrogens (primary N) is 1. The van der Waals surface area contributed by atoms with Gasteiger partial charge in [0.05, 0.1) is 0 Å². The second kappa shape index (κ2) is 4.85. The predicted molar refractivity (Wildman–Crippen MR) is 89.3 cm³/mol. The first-order valence-electron chi connectivity index (χ1n) is 7.86. The molecular weight excluding hydrogens is 258 g/mol. The van der Waals surface area contributed by atoms with E-state index in [1.165, 1.54) is 27.6 Å². The lowest BCUT2D eigenvalue weighted by Gasteiger charge is -2.31. The third-order valence-corrected chi connectivity index (χ3v) is 4.61. The fourth-order valence-electron chi connectivity index (χ4n) is 3.34. The molecule has 1 unspecified atom stereocenters. The molecule has 1 aliphatic rings. The van der Waals surface area contributed by atoms with E-state index >= 15 is 0 Å². The van der Waals surface area contributed by atoms with Gasteiger partial charge in [0.15, 0.2) is 0 Å². The van der Waals surface area contributed by atoms with Gasteiger partial charge in [-0.1, -0.05) is 0 Å². The van der Waals surface area contributed by atoms with Gasteiger partial charge in [-0.25, -0.2) is 0 Å². The summed E-state index contributed by atoms with van der Waals surface area (Å²) >= 11 is 0. The van der Waals surface area contributed by atoms with Crippen molar-refractivity contribution in [3.63, 3.8) is 0 Å². The van der Waals surface area contributed by atoms with Gasteiger partial charge in [-0.15, -0.1) is 0 Å². The molecule has 0 amide bonds. The highest BCUT2D eigenvalue weighted by Gasteiger charge is 2.28. The highest BCUT2D eigenvalue weighted by Crippen LogP contribution is 2.33. The molecule has 3 heteroatoms. The van der Waals surface area contributed by atoms with Gasteiger partial charge in [0.25, 0.3) is 0 Å². The van der Waals surface area contributed by atoms with E-state index in [0.717, 1.165) is 19.5 Å². The molecule has 0 aliphatic carbocycles. The average Bonchev–Trinajstić information content (AvgIpc) is 2.89. The molecule has 0 radical (unpaired) electrons. The minimum absolute atomic E-state index is 0.204. The normalized spacial score (nSPS) is 17.4. The molecule has 0 fully saturated rings. The molecule has 2 heterocycles. The van der Waals surface area contributed by atoms with Crippen LogP contribution >= 0.6 is 0 Å². The molecule has 21 heavy (non-hydrogen) atoms. The Kier molecular flexibility index (Phi) is 3.38. The number of benzene rings is 1. The van der Waals surface area contributed by atoms with Crippen LogP contribution < -0.4 is 5.73 Å². The van der Waals surface area contributed by atoms with E-state index in [9.17, 15) is 0 Å². The lowest BCUT2D eigenvalue weighted by Crippen LogP contribution is -2.36. The van der Waals surface area contributed by atoms with E-state index in [-0.39, 0.29) is 11.6 Å². The zero-order chi connectivity index (χ0) is 15.4. The molecule has 1 aromatic heterocycles. The third-order valence-electron chi connectivity index (χ3n) is 4.61. The molecule has 2 N–H and O–H groups in total. The number of aryl methyl sites for hydroxylation is 1. The number of fused-ring (bicyclic) bond motifs is 2. The molecule has 3 nitrogen and oxygen atoms in total. The zero-order valence-electron chi connectivity index (χ0n) is 13.9. The molecule has 1 atom stereocenters. The van der Waals surface area contributed by atoms with Gasteiger partial charge in [-0.05, 0) is 62.9 Å². The molecule has 0 spiro atoms. The Labute approximate surface area is 127 Å². The average molecular weight is 285 g/mol. The number of aromatic nitrogens is 1. The third kappa shape index (κ3) is 2.60. The first-order chi connectivity index (χ1) is 9.75. The standard InChI is InChI=1S/C18H27N3/c1-12(19)6-15-9-20(5)17-8-14-11-21(18(2,3)4)10-13(14)7-16(15)17/h7-9,12H,6,10-11,19H2,1-5H3. The first-order valence-corrected chi connectivity index (χ1v) is 7.86. The quantitative estimate of drug-likeness (QED) is 0.919. The molecule has 1 aliphatic heterocycles. The Bertz CT molecular complexity index is 674. The Hall–Kier alpha value is -1.32. The molecule has 3 rings (SSSR count). The second-order valence-corrected chi connectivity index (χ2v) is 7.61. The van der Waals surface area contributed by atoms with Gasteiger partial charge in [0.1, 0.15) is 0 Å². The maximum atomic E-state index is 6.00. The van der Waals surface area contributed by atoms with Crippen molar-refractivity contribution in [2.75, 3.05) is 0 Å². The van der Waals surface area contributed by atoms with Crippen molar-refractivity contribution in [3.05, 3.63) is 35.0 Å². The van der Waals surface area contributed by atoms with E-state index in [2.05, 4.69) is 62.5 Å². The van der Waals surface area contributed by atoms with Crippen LogP contribution in [0.15, 0.2) is 18.3 Å². The van der Waals surface area contributed by atoms with Crippen molar-refractivity contribution in [1.82, 2.24) is 9.47 Å².